The molecule has 0 atom stereocenters. The van der Waals surface area contributed by atoms with Gasteiger partial charge in [0, 0.05) is 32.7 Å². The lowest BCUT2D eigenvalue weighted by atomic mass is 10.2. The summed E-state index contributed by atoms with van der Waals surface area (Å²) in [5.41, 5.74) is 0.538. The summed E-state index contributed by atoms with van der Waals surface area (Å²) in [6, 6.07) is 7.08. The Balaban J connectivity index is 1.88. The molecular formula is C15H20ClN3O2. The smallest absolute Gasteiger partial charge is 0.255 e. The fourth-order valence-electron chi connectivity index (χ4n) is 2.37. The number of halogens is 1. The van der Waals surface area contributed by atoms with E-state index in [1.54, 1.807) is 17.0 Å². The van der Waals surface area contributed by atoms with E-state index >= 15 is 0 Å². The van der Waals surface area contributed by atoms with Crippen LogP contribution < -0.4 is 5.32 Å². The summed E-state index contributed by atoms with van der Waals surface area (Å²) in [6.45, 7) is 5.57. The zero-order chi connectivity index (χ0) is 15.2. The summed E-state index contributed by atoms with van der Waals surface area (Å²) in [6.07, 6.45) is 0. The minimum Gasteiger partial charge on any atom is -0.355 e. The van der Waals surface area contributed by atoms with E-state index in [0.29, 0.717) is 49.9 Å². The van der Waals surface area contributed by atoms with Crippen molar-refractivity contribution >= 4 is 23.4 Å². The lowest BCUT2D eigenvalue weighted by molar-refractivity contribution is -0.122. The maximum absolute atomic E-state index is 12.4. The Morgan fingerprint density at radius 2 is 1.86 bits per heavy atom. The highest BCUT2D eigenvalue weighted by molar-refractivity contribution is 6.33. The maximum atomic E-state index is 12.4. The van der Waals surface area contributed by atoms with Gasteiger partial charge in [0.1, 0.15) is 0 Å². The number of hydrogen-bond acceptors (Lipinski definition) is 3. The number of carbonyl (C=O) groups is 2. The van der Waals surface area contributed by atoms with Crippen molar-refractivity contribution in [3.05, 3.63) is 34.9 Å². The zero-order valence-corrected chi connectivity index (χ0v) is 12.9. The molecule has 0 aliphatic carbocycles. The molecular weight excluding hydrogens is 290 g/mol. The number of hydrogen-bond donors (Lipinski definition) is 1. The van der Waals surface area contributed by atoms with E-state index in [-0.39, 0.29) is 11.8 Å². The van der Waals surface area contributed by atoms with Crippen molar-refractivity contribution in [3.8, 4) is 0 Å². The topological polar surface area (TPSA) is 52.7 Å². The lowest BCUT2D eigenvalue weighted by Crippen LogP contribution is -2.51. The summed E-state index contributed by atoms with van der Waals surface area (Å²) in [5, 5.41) is 3.26. The first kappa shape index (κ1) is 15.8. The molecule has 21 heavy (non-hydrogen) atoms. The number of benzene rings is 1. The van der Waals surface area contributed by atoms with Gasteiger partial charge >= 0.3 is 0 Å². The molecule has 0 bridgehead atoms. The molecule has 1 saturated heterocycles. The molecule has 0 saturated carbocycles. The molecule has 1 aromatic rings. The predicted molar refractivity (Wildman–Crippen MR) is 82.5 cm³/mol. The Labute approximate surface area is 129 Å². The molecule has 114 valence electrons. The maximum Gasteiger partial charge on any atom is 0.255 e. The highest BCUT2D eigenvalue weighted by Gasteiger charge is 2.24. The first-order chi connectivity index (χ1) is 10.1. The first-order valence-corrected chi connectivity index (χ1v) is 7.52. The Bertz CT molecular complexity index is 513. The van der Waals surface area contributed by atoms with Crippen molar-refractivity contribution in [2.24, 2.45) is 0 Å². The Kier molecular flexibility index (Phi) is 5.59. The first-order valence-electron chi connectivity index (χ1n) is 7.14. The van der Waals surface area contributed by atoms with Gasteiger partial charge in [-0.3, -0.25) is 14.5 Å². The normalized spacial score (nSPS) is 15.8. The van der Waals surface area contributed by atoms with Gasteiger partial charge in [0.05, 0.1) is 17.1 Å². The van der Waals surface area contributed by atoms with Gasteiger partial charge in [0.25, 0.3) is 5.91 Å². The van der Waals surface area contributed by atoms with Crippen LogP contribution >= 0.6 is 11.6 Å². The van der Waals surface area contributed by atoms with E-state index in [1.807, 2.05) is 19.1 Å². The molecule has 2 rings (SSSR count). The number of rotatable bonds is 4. The van der Waals surface area contributed by atoms with Crippen LogP contribution in [0.15, 0.2) is 24.3 Å². The van der Waals surface area contributed by atoms with Crippen molar-refractivity contribution in [3.63, 3.8) is 0 Å². The lowest BCUT2D eigenvalue weighted by Gasteiger charge is -2.34. The highest BCUT2D eigenvalue weighted by Crippen LogP contribution is 2.18. The fourth-order valence-corrected chi connectivity index (χ4v) is 2.59. The van der Waals surface area contributed by atoms with Crippen LogP contribution in [0.25, 0.3) is 0 Å². The van der Waals surface area contributed by atoms with Gasteiger partial charge in [-0.25, -0.2) is 0 Å². The molecule has 0 unspecified atom stereocenters. The van der Waals surface area contributed by atoms with Gasteiger partial charge in [-0.2, -0.15) is 0 Å². The van der Waals surface area contributed by atoms with Crippen molar-refractivity contribution in [2.45, 2.75) is 6.92 Å². The van der Waals surface area contributed by atoms with Crippen LogP contribution in [0.1, 0.15) is 17.3 Å². The van der Waals surface area contributed by atoms with E-state index in [9.17, 15) is 9.59 Å². The SMILES string of the molecule is CCNC(=O)CN1CCN(C(=O)c2ccccc2Cl)CC1. The number of likely N-dealkylation sites (N-methyl/N-ethyl adjacent to an activating group) is 1. The molecule has 0 radical (unpaired) electrons. The minimum absolute atomic E-state index is 0.0309. The van der Waals surface area contributed by atoms with Gasteiger partial charge < -0.3 is 10.2 Å². The third-order valence-corrected chi connectivity index (χ3v) is 3.83. The summed E-state index contributed by atoms with van der Waals surface area (Å²) in [4.78, 5) is 27.8. The predicted octanol–water partition coefficient (Wildman–Crippen LogP) is 1.23. The average molecular weight is 310 g/mol. The number of piperazine rings is 1. The molecule has 5 nitrogen and oxygen atoms in total. The second kappa shape index (κ2) is 7.43. The van der Waals surface area contributed by atoms with Crippen LogP contribution in [0.5, 0.6) is 0 Å². The number of nitrogens with zero attached hydrogens (tertiary/aromatic N) is 2. The fraction of sp³-hybridized carbons (Fsp3) is 0.467. The molecule has 6 heteroatoms. The molecule has 1 aliphatic heterocycles. The largest absolute Gasteiger partial charge is 0.355 e. The number of nitrogens with one attached hydrogen (secondary N) is 1. The van der Waals surface area contributed by atoms with Crippen molar-refractivity contribution in [1.82, 2.24) is 15.1 Å². The van der Waals surface area contributed by atoms with Crippen molar-refractivity contribution < 1.29 is 9.59 Å². The van der Waals surface area contributed by atoms with E-state index in [1.165, 1.54) is 0 Å². The van der Waals surface area contributed by atoms with Crippen LogP contribution in [-0.4, -0.2) is 60.9 Å². The average Bonchev–Trinajstić information content (AvgIpc) is 2.48. The van der Waals surface area contributed by atoms with Crippen LogP contribution in [0.2, 0.25) is 5.02 Å². The van der Waals surface area contributed by atoms with Crippen LogP contribution in [0, 0.1) is 0 Å². The second-order valence-electron chi connectivity index (χ2n) is 5.00. The molecule has 1 aliphatic rings. The number of amides is 2. The van der Waals surface area contributed by atoms with Gasteiger partial charge in [0.15, 0.2) is 0 Å². The van der Waals surface area contributed by atoms with Crippen LogP contribution in [-0.2, 0) is 4.79 Å². The molecule has 2 amide bonds. The molecule has 1 aromatic carbocycles. The zero-order valence-electron chi connectivity index (χ0n) is 12.1. The Morgan fingerprint density at radius 1 is 1.19 bits per heavy atom. The molecule has 1 heterocycles. The standard InChI is InChI=1S/C15H20ClN3O2/c1-2-17-14(20)11-18-7-9-19(10-8-18)15(21)12-5-3-4-6-13(12)16/h3-6H,2,7-11H2,1H3,(H,17,20). The molecule has 0 spiro atoms. The van der Waals surface area contributed by atoms with Crippen LogP contribution in [0.3, 0.4) is 0 Å². The van der Waals surface area contributed by atoms with Crippen molar-refractivity contribution in [1.29, 1.82) is 0 Å². The minimum atomic E-state index is -0.0433. The number of carbonyl (C=O) groups excluding carboxylic acids is 2. The van der Waals surface area contributed by atoms with Gasteiger partial charge in [-0.1, -0.05) is 23.7 Å². The van der Waals surface area contributed by atoms with Gasteiger partial charge in [0.2, 0.25) is 5.91 Å². The quantitative estimate of drug-likeness (QED) is 0.910. The Morgan fingerprint density at radius 3 is 2.48 bits per heavy atom. The third-order valence-electron chi connectivity index (χ3n) is 3.50. The highest BCUT2D eigenvalue weighted by atomic mass is 35.5. The third kappa shape index (κ3) is 4.19. The van der Waals surface area contributed by atoms with E-state index in [0.717, 1.165) is 0 Å². The second-order valence-corrected chi connectivity index (χ2v) is 5.41. The van der Waals surface area contributed by atoms with E-state index < -0.39 is 0 Å². The van der Waals surface area contributed by atoms with Gasteiger partial charge in [-0.15, -0.1) is 0 Å². The summed E-state index contributed by atoms with van der Waals surface area (Å²) in [5.74, 6) is -0.0124. The molecule has 1 N–H and O–H groups in total. The van der Waals surface area contributed by atoms with Crippen LogP contribution in [0.4, 0.5) is 0 Å². The van der Waals surface area contributed by atoms with E-state index in [2.05, 4.69) is 10.2 Å². The van der Waals surface area contributed by atoms with E-state index in [4.69, 9.17) is 11.6 Å². The summed E-state index contributed by atoms with van der Waals surface area (Å²) >= 11 is 6.06. The van der Waals surface area contributed by atoms with Crippen molar-refractivity contribution in [2.75, 3.05) is 39.3 Å². The summed E-state index contributed by atoms with van der Waals surface area (Å²) in [7, 11) is 0. The molecule has 1 fully saturated rings. The van der Waals surface area contributed by atoms with Gasteiger partial charge in [-0.05, 0) is 19.1 Å². The Hall–Kier alpha value is -1.59. The monoisotopic (exact) mass is 309 g/mol. The summed E-state index contributed by atoms with van der Waals surface area (Å²) < 4.78 is 0. The molecule has 0 aromatic heterocycles.